The molecule has 2 N–H and O–H groups in total. The maximum absolute atomic E-state index is 5.85. The maximum Gasteiger partial charge on any atom is 0.137 e. The number of nitrogens with zero attached hydrogens (tertiary/aromatic N) is 4. The Balaban J connectivity index is 2.22. The van der Waals surface area contributed by atoms with E-state index in [1.165, 1.54) is 0 Å². The molecule has 106 valence electrons. The fraction of sp³-hybridized carbons (Fsp3) is 0.692. The van der Waals surface area contributed by atoms with Crippen LogP contribution in [0.25, 0.3) is 0 Å². The molecule has 1 aromatic heterocycles. The molecule has 0 radical (unpaired) electrons. The molecular weight excluding hydrogens is 258 g/mol. The first-order chi connectivity index (χ1) is 8.91. The molecule has 0 unspecified atom stereocenters. The Labute approximate surface area is 120 Å². The van der Waals surface area contributed by atoms with Gasteiger partial charge in [-0.2, -0.15) is 5.10 Å². The lowest BCUT2D eigenvalue weighted by Crippen LogP contribution is -2.49. The van der Waals surface area contributed by atoms with Crippen LogP contribution in [-0.2, 0) is 7.05 Å². The van der Waals surface area contributed by atoms with Gasteiger partial charge in [-0.05, 0) is 20.8 Å². The Morgan fingerprint density at radius 3 is 2.32 bits per heavy atom. The van der Waals surface area contributed by atoms with Gasteiger partial charge in [-0.3, -0.25) is 9.58 Å². The van der Waals surface area contributed by atoms with E-state index in [1.807, 2.05) is 18.7 Å². The van der Waals surface area contributed by atoms with E-state index in [2.05, 4.69) is 28.7 Å². The summed E-state index contributed by atoms with van der Waals surface area (Å²) < 4.78 is 1.90. The van der Waals surface area contributed by atoms with Gasteiger partial charge >= 0.3 is 0 Å². The molecule has 1 fully saturated rings. The van der Waals surface area contributed by atoms with Crippen molar-refractivity contribution >= 4 is 23.0 Å². The van der Waals surface area contributed by atoms with E-state index in [0.29, 0.717) is 11.0 Å². The molecule has 6 heteroatoms. The smallest absolute Gasteiger partial charge is 0.137 e. The molecular formula is C13H23N5S. The molecule has 1 aromatic rings. The molecule has 2 rings (SSSR count). The molecule has 0 atom stereocenters. The van der Waals surface area contributed by atoms with Crippen LogP contribution in [0, 0.1) is 6.92 Å². The zero-order valence-corrected chi connectivity index (χ0v) is 13.0. The number of nitrogens with two attached hydrogens (primary N) is 1. The van der Waals surface area contributed by atoms with E-state index in [0.717, 1.165) is 43.3 Å². The minimum absolute atomic E-state index is 0.437. The molecule has 2 heterocycles. The summed E-state index contributed by atoms with van der Waals surface area (Å²) in [6, 6.07) is 0.602. The minimum atomic E-state index is 0.437. The third kappa shape index (κ3) is 2.74. The standard InChI is InChI=1S/C13H23N5S/c1-9(2)17-5-7-18(8-6-17)13-11(12(14)19)10(3)15-16(13)4/h9H,5-8H2,1-4H3,(H2,14,19). The van der Waals surface area contributed by atoms with Crippen LogP contribution in [-0.4, -0.2) is 51.9 Å². The van der Waals surface area contributed by atoms with Gasteiger partial charge in [0.2, 0.25) is 0 Å². The van der Waals surface area contributed by atoms with Crippen LogP contribution in [0.15, 0.2) is 0 Å². The van der Waals surface area contributed by atoms with E-state index in [-0.39, 0.29) is 0 Å². The highest BCUT2D eigenvalue weighted by Crippen LogP contribution is 2.24. The van der Waals surface area contributed by atoms with Crippen molar-refractivity contribution in [2.75, 3.05) is 31.1 Å². The van der Waals surface area contributed by atoms with Gasteiger partial charge in [0.05, 0.1) is 11.3 Å². The molecule has 19 heavy (non-hydrogen) atoms. The van der Waals surface area contributed by atoms with Gasteiger partial charge < -0.3 is 10.6 Å². The highest BCUT2D eigenvalue weighted by Gasteiger charge is 2.25. The van der Waals surface area contributed by atoms with E-state index in [4.69, 9.17) is 18.0 Å². The zero-order valence-electron chi connectivity index (χ0n) is 12.2. The fourth-order valence-electron chi connectivity index (χ4n) is 2.75. The Bertz CT molecular complexity index is 472. The Kier molecular flexibility index (Phi) is 4.10. The number of thiocarbonyl (C=S) groups is 1. The first-order valence-corrected chi connectivity index (χ1v) is 7.15. The summed E-state index contributed by atoms with van der Waals surface area (Å²) in [7, 11) is 1.96. The number of hydrogen-bond acceptors (Lipinski definition) is 4. The van der Waals surface area contributed by atoms with Crippen LogP contribution in [0.4, 0.5) is 5.82 Å². The van der Waals surface area contributed by atoms with Gasteiger partial charge in [-0.1, -0.05) is 12.2 Å². The number of aryl methyl sites for hydroxylation is 2. The van der Waals surface area contributed by atoms with Crippen LogP contribution in [0.1, 0.15) is 25.1 Å². The second kappa shape index (κ2) is 5.46. The van der Waals surface area contributed by atoms with E-state index < -0.39 is 0 Å². The van der Waals surface area contributed by atoms with Gasteiger partial charge in [0.1, 0.15) is 10.8 Å². The third-order valence-electron chi connectivity index (χ3n) is 3.78. The van der Waals surface area contributed by atoms with Crippen molar-refractivity contribution in [3.63, 3.8) is 0 Å². The molecule has 0 aliphatic carbocycles. The highest BCUT2D eigenvalue weighted by molar-refractivity contribution is 7.80. The van der Waals surface area contributed by atoms with Gasteiger partial charge in [0.25, 0.3) is 0 Å². The van der Waals surface area contributed by atoms with Crippen molar-refractivity contribution in [3.05, 3.63) is 11.3 Å². The number of aromatic nitrogens is 2. The quantitative estimate of drug-likeness (QED) is 0.834. The molecule has 0 saturated carbocycles. The predicted octanol–water partition coefficient (Wildman–Crippen LogP) is 0.893. The van der Waals surface area contributed by atoms with Crippen molar-refractivity contribution in [2.24, 2.45) is 12.8 Å². The normalized spacial score (nSPS) is 17.2. The molecule has 0 amide bonds. The first kappa shape index (κ1) is 14.3. The van der Waals surface area contributed by atoms with Crippen LogP contribution in [0.2, 0.25) is 0 Å². The van der Waals surface area contributed by atoms with Gasteiger partial charge in [0, 0.05) is 39.3 Å². The molecule has 0 bridgehead atoms. The summed E-state index contributed by atoms with van der Waals surface area (Å²) in [5.74, 6) is 1.06. The largest absolute Gasteiger partial charge is 0.389 e. The van der Waals surface area contributed by atoms with E-state index in [1.54, 1.807) is 0 Å². The van der Waals surface area contributed by atoms with Crippen LogP contribution >= 0.6 is 12.2 Å². The van der Waals surface area contributed by atoms with Crippen molar-refractivity contribution in [1.82, 2.24) is 14.7 Å². The number of piperazine rings is 1. The number of anilines is 1. The second-order valence-corrected chi connectivity index (χ2v) is 5.83. The van der Waals surface area contributed by atoms with E-state index in [9.17, 15) is 0 Å². The Morgan fingerprint density at radius 1 is 1.26 bits per heavy atom. The SMILES string of the molecule is Cc1nn(C)c(N2CCN(C(C)C)CC2)c1C(N)=S. The molecule has 0 spiro atoms. The Hall–Kier alpha value is -1.14. The van der Waals surface area contributed by atoms with Gasteiger partial charge in [-0.25, -0.2) is 0 Å². The minimum Gasteiger partial charge on any atom is -0.389 e. The second-order valence-electron chi connectivity index (χ2n) is 5.39. The molecule has 0 aromatic carbocycles. The zero-order chi connectivity index (χ0) is 14.2. The highest BCUT2D eigenvalue weighted by atomic mass is 32.1. The van der Waals surface area contributed by atoms with E-state index >= 15 is 0 Å². The molecule has 5 nitrogen and oxygen atoms in total. The van der Waals surface area contributed by atoms with Gasteiger partial charge in [-0.15, -0.1) is 0 Å². The van der Waals surface area contributed by atoms with Crippen LogP contribution in [0.5, 0.6) is 0 Å². The van der Waals surface area contributed by atoms with Crippen LogP contribution in [0.3, 0.4) is 0 Å². The molecule has 1 saturated heterocycles. The summed E-state index contributed by atoms with van der Waals surface area (Å²) in [6.45, 7) is 10.6. The first-order valence-electron chi connectivity index (χ1n) is 6.74. The lowest BCUT2D eigenvalue weighted by atomic mass is 10.2. The van der Waals surface area contributed by atoms with Crippen molar-refractivity contribution in [2.45, 2.75) is 26.8 Å². The van der Waals surface area contributed by atoms with Crippen molar-refractivity contribution in [1.29, 1.82) is 0 Å². The predicted molar refractivity (Wildman–Crippen MR) is 82.8 cm³/mol. The molecule has 1 aliphatic rings. The average molecular weight is 281 g/mol. The monoisotopic (exact) mass is 281 g/mol. The number of hydrogen-bond donors (Lipinski definition) is 1. The summed E-state index contributed by atoms with van der Waals surface area (Å²) >= 11 is 5.17. The average Bonchev–Trinajstić information content (AvgIpc) is 2.64. The Morgan fingerprint density at radius 2 is 1.84 bits per heavy atom. The third-order valence-corrected chi connectivity index (χ3v) is 3.99. The summed E-state index contributed by atoms with van der Waals surface area (Å²) in [5, 5.41) is 4.46. The topological polar surface area (TPSA) is 50.3 Å². The number of rotatable bonds is 3. The summed E-state index contributed by atoms with van der Waals surface area (Å²) in [6.07, 6.45) is 0. The maximum atomic E-state index is 5.85. The van der Waals surface area contributed by atoms with Crippen LogP contribution < -0.4 is 10.6 Å². The fourth-order valence-corrected chi connectivity index (χ4v) is 2.99. The lowest BCUT2D eigenvalue weighted by molar-refractivity contribution is 0.208. The molecule has 1 aliphatic heterocycles. The summed E-state index contributed by atoms with van der Waals surface area (Å²) in [4.78, 5) is 5.26. The van der Waals surface area contributed by atoms with Crippen molar-refractivity contribution < 1.29 is 0 Å². The lowest BCUT2D eigenvalue weighted by Gasteiger charge is -2.38. The summed E-state index contributed by atoms with van der Waals surface area (Å²) in [5.41, 5.74) is 7.69. The van der Waals surface area contributed by atoms with Crippen molar-refractivity contribution in [3.8, 4) is 0 Å². The van der Waals surface area contributed by atoms with Gasteiger partial charge in [0.15, 0.2) is 0 Å².